The van der Waals surface area contributed by atoms with Crippen molar-refractivity contribution in [2.45, 2.75) is 64.9 Å². The van der Waals surface area contributed by atoms with Crippen molar-refractivity contribution in [1.29, 1.82) is 0 Å². The lowest BCUT2D eigenvalue weighted by atomic mass is 9.72. The van der Waals surface area contributed by atoms with Gasteiger partial charge in [0.25, 0.3) is 0 Å². The van der Waals surface area contributed by atoms with E-state index in [0.29, 0.717) is 5.92 Å². The molecule has 1 fully saturated rings. The molecule has 114 valence electrons. The van der Waals surface area contributed by atoms with Crippen molar-refractivity contribution in [3.8, 4) is 0 Å². The Morgan fingerprint density at radius 2 is 1.80 bits per heavy atom. The number of aliphatic carboxylic acids is 1. The second kappa shape index (κ2) is 7.46. The highest BCUT2D eigenvalue weighted by Crippen LogP contribution is 2.40. The number of ether oxygens (including phenoxy) is 1. The average Bonchev–Trinajstić information content (AvgIpc) is 2.45. The highest BCUT2D eigenvalue weighted by Gasteiger charge is 2.38. The van der Waals surface area contributed by atoms with Crippen LogP contribution in [0, 0.1) is 11.8 Å². The fourth-order valence-electron chi connectivity index (χ4n) is 3.03. The van der Waals surface area contributed by atoms with Crippen LogP contribution in [0.5, 0.6) is 0 Å². The molecule has 1 rings (SSSR count). The van der Waals surface area contributed by atoms with E-state index in [1.807, 2.05) is 13.8 Å². The van der Waals surface area contributed by atoms with Crippen LogP contribution in [-0.2, 0) is 14.3 Å². The van der Waals surface area contributed by atoms with Gasteiger partial charge in [0.2, 0.25) is 0 Å². The van der Waals surface area contributed by atoms with Gasteiger partial charge in [-0.1, -0.05) is 33.1 Å². The van der Waals surface area contributed by atoms with E-state index in [2.05, 4.69) is 6.92 Å². The summed E-state index contributed by atoms with van der Waals surface area (Å²) < 4.78 is 5.56. The number of esters is 1. The lowest BCUT2D eigenvalue weighted by Gasteiger charge is -2.40. The maximum Gasteiger partial charge on any atom is 0.331 e. The zero-order chi connectivity index (χ0) is 15.2. The summed E-state index contributed by atoms with van der Waals surface area (Å²) in [6.45, 7) is 6.21. The Kier molecular flexibility index (Phi) is 6.24. The van der Waals surface area contributed by atoms with E-state index >= 15 is 0 Å². The first-order valence-electron chi connectivity index (χ1n) is 7.55. The van der Waals surface area contributed by atoms with Gasteiger partial charge in [0.1, 0.15) is 5.60 Å². The summed E-state index contributed by atoms with van der Waals surface area (Å²) in [4.78, 5) is 22.1. The van der Waals surface area contributed by atoms with Crippen molar-refractivity contribution in [2.24, 2.45) is 11.8 Å². The van der Waals surface area contributed by atoms with Gasteiger partial charge < -0.3 is 9.84 Å². The van der Waals surface area contributed by atoms with E-state index in [9.17, 15) is 9.59 Å². The van der Waals surface area contributed by atoms with Crippen LogP contribution >= 0.6 is 0 Å². The van der Waals surface area contributed by atoms with Crippen LogP contribution in [0.15, 0.2) is 12.2 Å². The van der Waals surface area contributed by atoms with Crippen molar-refractivity contribution in [1.82, 2.24) is 0 Å². The molecule has 1 atom stereocenters. The van der Waals surface area contributed by atoms with Crippen molar-refractivity contribution in [3.05, 3.63) is 12.2 Å². The molecule has 0 aromatic rings. The molecule has 0 aromatic heterocycles. The summed E-state index contributed by atoms with van der Waals surface area (Å²) in [6, 6.07) is 0. The monoisotopic (exact) mass is 282 g/mol. The van der Waals surface area contributed by atoms with Crippen LogP contribution in [0.3, 0.4) is 0 Å². The largest absolute Gasteiger partial charge is 0.478 e. The number of carbonyl (C=O) groups is 2. The minimum atomic E-state index is -1.14. The van der Waals surface area contributed by atoms with Gasteiger partial charge in [-0.25, -0.2) is 9.59 Å². The van der Waals surface area contributed by atoms with Crippen molar-refractivity contribution in [3.63, 3.8) is 0 Å². The van der Waals surface area contributed by atoms with Gasteiger partial charge in [-0.2, -0.15) is 0 Å². The van der Waals surface area contributed by atoms with Gasteiger partial charge in [0.15, 0.2) is 0 Å². The predicted octanol–water partition coefficient (Wildman–Crippen LogP) is 3.56. The first kappa shape index (κ1) is 16.7. The molecule has 1 aliphatic rings. The third-order valence-electron chi connectivity index (χ3n) is 4.69. The third-order valence-corrected chi connectivity index (χ3v) is 4.69. The summed E-state index contributed by atoms with van der Waals surface area (Å²) in [6.07, 6.45) is 8.34. The average molecular weight is 282 g/mol. The number of carboxylic acid groups (broad SMARTS) is 1. The molecule has 1 aliphatic carbocycles. The van der Waals surface area contributed by atoms with Crippen molar-refractivity contribution in [2.75, 3.05) is 0 Å². The molecule has 0 amide bonds. The van der Waals surface area contributed by atoms with Crippen LogP contribution in [-0.4, -0.2) is 22.6 Å². The minimum Gasteiger partial charge on any atom is -0.478 e. The molecule has 1 saturated carbocycles. The summed E-state index contributed by atoms with van der Waals surface area (Å²) in [5.41, 5.74) is -0.487. The predicted molar refractivity (Wildman–Crippen MR) is 77.3 cm³/mol. The fraction of sp³-hybridized carbons (Fsp3) is 0.750. The van der Waals surface area contributed by atoms with E-state index in [1.54, 1.807) is 0 Å². The van der Waals surface area contributed by atoms with Gasteiger partial charge in [-0.05, 0) is 38.0 Å². The number of rotatable bonds is 6. The molecule has 0 saturated heterocycles. The summed E-state index contributed by atoms with van der Waals surface area (Å²) in [5.74, 6) is -0.523. The molecule has 0 aromatic carbocycles. The molecule has 0 radical (unpaired) electrons. The van der Waals surface area contributed by atoms with Gasteiger partial charge in [-0.15, -0.1) is 0 Å². The van der Waals surface area contributed by atoms with E-state index in [0.717, 1.165) is 37.3 Å². The van der Waals surface area contributed by atoms with E-state index < -0.39 is 17.5 Å². The van der Waals surface area contributed by atoms with Crippen LogP contribution in [0.1, 0.15) is 59.3 Å². The van der Waals surface area contributed by atoms with Crippen LogP contribution in [0.25, 0.3) is 0 Å². The maximum atomic E-state index is 11.7. The van der Waals surface area contributed by atoms with E-state index in [4.69, 9.17) is 9.84 Å². The zero-order valence-electron chi connectivity index (χ0n) is 12.7. The number of carbonyl (C=O) groups excluding carboxylic acids is 1. The molecule has 0 aliphatic heterocycles. The molecular formula is C16H26O4. The Hall–Kier alpha value is -1.32. The highest BCUT2D eigenvalue weighted by atomic mass is 16.6. The Labute approximate surface area is 121 Å². The van der Waals surface area contributed by atoms with Crippen LogP contribution < -0.4 is 0 Å². The lowest BCUT2D eigenvalue weighted by Crippen LogP contribution is -2.40. The third kappa shape index (κ3) is 4.66. The lowest BCUT2D eigenvalue weighted by molar-refractivity contribution is -0.160. The van der Waals surface area contributed by atoms with Crippen LogP contribution in [0.4, 0.5) is 0 Å². The number of carboxylic acids is 1. The quantitative estimate of drug-likeness (QED) is 0.597. The molecule has 4 heteroatoms. The molecule has 1 unspecified atom stereocenters. The summed E-state index contributed by atoms with van der Waals surface area (Å²) in [7, 11) is 0. The molecule has 0 heterocycles. The Morgan fingerprint density at radius 1 is 1.20 bits per heavy atom. The molecule has 0 bridgehead atoms. The second-order valence-electron chi connectivity index (χ2n) is 5.88. The normalized spacial score (nSPS) is 26.1. The highest BCUT2D eigenvalue weighted by molar-refractivity contribution is 5.90. The molecular weight excluding hydrogens is 256 g/mol. The van der Waals surface area contributed by atoms with E-state index in [-0.39, 0.29) is 0 Å². The SMILES string of the molecule is CCC1CCC(C(C)(CC)OC(=O)/C=C/C(=O)O)CC1. The maximum absolute atomic E-state index is 11.7. The van der Waals surface area contributed by atoms with Gasteiger partial charge in [0.05, 0.1) is 0 Å². The Balaban J connectivity index is 2.62. The molecule has 20 heavy (non-hydrogen) atoms. The number of hydrogen-bond donors (Lipinski definition) is 1. The first-order valence-corrected chi connectivity index (χ1v) is 7.55. The topological polar surface area (TPSA) is 63.6 Å². The van der Waals surface area contributed by atoms with Crippen molar-refractivity contribution >= 4 is 11.9 Å². The van der Waals surface area contributed by atoms with Crippen LogP contribution in [0.2, 0.25) is 0 Å². The van der Waals surface area contributed by atoms with Gasteiger partial charge >= 0.3 is 11.9 Å². The number of hydrogen-bond acceptors (Lipinski definition) is 3. The summed E-state index contributed by atoms with van der Waals surface area (Å²) in [5, 5.41) is 8.53. The standard InChI is InChI=1S/C16H26O4/c1-4-12-6-8-13(9-7-12)16(3,5-2)20-15(19)11-10-14(17)18/h10-13H,4-9H2,1-3H3,(H,17,18)/b11-10+. The minimum absolute atomic E-state index is 0.373. The smallest absolute Gasteiger partial charge is 0.331 e. The molecule has 4 nitrogen and oxygen atoms in total. The zero-order valence-corrected chi connectivity index (χ0v) is 12.7. The molecule has 1 N–H and O–H groups in total. The van der Waals surface area contributed by atoms with Gasteiger partial charge in [-0.3, -0.25) is 0 Å². The van der Waals surface area contributed by atoms with E-state index in [1.165, 1.54) is 19.3 Å². The Morgan fingerprint density at radius 3 is 2.25 bits per heavy atom. The summed E-state index contributed by atoms with van der Waals surface area (Å²) >= 11 is 0. The second-order valence-corrected chi connectivity index (χ2v) is 5.88. The van der Waals surface area contributed by atoms with Crippen molar-refractivity contribution < 1.29 is 19.4 Å². The fourth-order valence-corrected chi connectivity index (χ4v) is 3.03. The molecule has 0 spiro atoms. The Bertz CT molecular complexity index is 367. The van der Waals surface area contributed by atoms with Gasteiger partial charge in [0, 0.05) is 12.2 Å². The first-order chi connectivity index (χ1) is 9.41.